The second kappa shape index (κ2) is 5.28. The average Bonchev–Trinajstić information content (AvgIpc) is 2.91. The summed E-state index contributed by atoms with van der Waals surface area (Å²) in [4.78, 5) is 30.1. The molecule has 0 spiro atoms. The number of nitrogens with zero attached hydrogens (tertiary/aromatic N) is 2. The maximum Gasteiger partial charge on any atom is 0.308 e. The molecule has 0 aromatic carbocycles. The molecule has 5 nitrogen and oxygen atoms in total. The molecule has 2 atom stereocenters. The van der Waals surface area contributed by atoms with Crippen molar-refractivity contribution in [3.63, 3.8) is 0 Å². The molecule has 0 bridgehead atoms. The fourth-order valence-electron chi connectivity index (χ4n) is 2.40. The van der Waals surface area contributed by atoms with Crippen LogP contribution in [0.1, 0.15) is 34.2 Å². The highest BCUT2D eigenvalue weighted by atomic mass is 32.1. The van der Waals surface area contributed by atoms with E-state index in [1.54, 1.807) is 4.90 Å². The molecule has 1 aromatic heterocycles. The smallest absolute Gasteiger partial charge is 0.308 e. The molecule has 1 N–H and O–H groups in total. The van der Waals surface area contributed by atoms with Crippen LogP contribution in [0.25, 0.3) is 0 Å². The third-order valence-electron chi connectivity index (χ3n) is 3.55. The van der Waals surface area contributed by atoms with Gasteiger partial charge in [0.15, 0.2) is 0 Å². The van der Waals surface area contributed by atoms with E-state index in [1.165, 1.54) is 11.3 Å². The molecule has 2 heterocycles. The summed E-state index contributed by atoms with van der Waals surface area (Å²) in [6.07, 6.45) is 0.812. The molecule has 1 aliphatic heterocycles. The molecule has 2 rings (SSSR count). The van der Waals surface area contributed by atoms with Gasteiger partial charge in [-0.25, -0.2) is 4.98 Å². The Bertz CT molecular complexity index is 512. The monoisotopic (exact) mass is 282 g/mol. The van der Waals surface area contributed by atoms with E-state index in [1.807, 2.05) is 20.8 Å². The van der Waals surface area contributed by atoms with Gasteiger partial charge in [0, 0.05) is 13.1 Å². The van der Waals surface area contributed by atoms with Crippen molar-refractivity contribution in [3.8, 4) is 0 Å². The van der Waals surface area contributed by atoms with Crippen LogP contribution in [0, 0.1) is 18.8 Å². The first-order chi connectivity index (χ1) is 8.93. The second-order valence-corrected chi connectivity index (χ2v) is 6.09. The van der Waals surface area contributed by atoms with E-state index in [0.717, 1.165) is 17.1 Å². The number of carboxylic acids is 1. The number of carbonyl (C=O) groups is 2. The number of aliphatic carboxylic acids is 1. The lowest BCUT2D eigenvalue weighted by molar-refractivity contribution is -0.142. The van der Waals surface area contributed by atoms with Gasteiger partial charge in [-0.15, -0.1) is 11.3 Å². The number of aromatic nitrogens is 1. The number of carbonyl (C=O) groups excluding carboxylic acids is 1. The summed E-state index contributed by atoms with van der Waals surface area (Å²) in [7, 11) is 0. The first-order valence-electron chi connectivity index (χ1n) is 6.42. The zero-order valence-electron chi connectivity index (χ0n) is 11.3. The van der Waals surface area contributed by atoms with Crippen molar-refractivity contribution in [1.29, 1.82) is 0 Å². The van der Waals surface area contributed by atoms with Crippen molar-refractivity contribution < 1.29 is 14.7 Å². The van der Waals surface area contributed by atoms with E-state index in [-0.39, 0.29) is 11.8 Å². The molecule has 1 aliphatic rings. The number of rotatable bonds is 3. The van der Waals surface area contributed by atoms with Crippen molar-refractivity contribution in [2.75, 3.05) is 13.1 Å². The van der Waals surface area contributed by atoms with Crippen molar-refractivity contribution in [2.24, 2.45) is 11.8 Å². The highest BCUT2D eigenvalue weighted by Gasteiger charge is 2.38. The number of aryl methyl sites for hydroxylation is 2. The fourth-order valence-corrected chi connectivity index (χ4v) is 3.37. The Hall–Kier alpha value is -1.43. The minimum absolute atomic E-state index is 0.000299. The van der Waals surface area contributed by atoms with E-state index in [0.29, 0.717) is 18.0 Å². The number of likely N-dealkylation sites (tertiary alicyclic amines) is 1. The summed E-state index contributed by atoms with van der Waals surface area (Å²) in [6, 6.07) is 0. The summed E-state index contributed by atoms with van der Waals surface area (Å²) >= 11 is 1.42. The molecule has 0 saturated carbocycles. The van der Waals surface area contributed by atoms with E-state index in [9.17, 15) is 9.59 Å². The normalized spacial score (nSPS) is 22.8. The first kappa shape index (κ1) is 14.0. The first-order valence-corrected chi connectivity index (χ1v) is 7.24. The van der Waals surface area contributed by atoms with Gasteiger partial charge in [-0.1, -0.05) is 13.8 Å². The third-order valence-corrected chi connectivity index (χ3v) is 4.84. The fraction of sp³-hybridized carbons (Fsp3) is 0.615. The lowest BCUT2D eigenvalue weighted by Gasteiger charge is -2.14. The summed E-state index contributed by atoms with van der Waals surface area (Å²) in [6.45, 7) is 6.52. The second-order valence-electron chi connectivity index (χ2n) is 5.01. The Labute approximate surface area is 116 Å². The molecule has 1 fully saturated rings. The van der Waals surface area contributed by atoms with Gasteiger partial charge in [-0.05, 0) is 19.3 Å². The standard InChI is InChI=1S/C13H18N2O3S/c1-4-10-14-8(3)11(19-10)12(16)15-5-7(2)9(6-15)13(17)18/h7,9H,4-6H2,1-3H3,(H,17,18)/t7-,9-/m1/s1. The molecule has 6 heteroatoms. The van der Waals surface area contributed by atoms with Crippen LogP contribution < -0.4 is 0 Å². The molecular formula is C13H18N2O3S. The van der Waals surface area contributed by atoms with E-state index >= 15 is 0 Å². The SMILES string of the molecule is CCc1nc(C)c(C(=O)N2C[C@@H](C)[C@H](C(=O)O)C2)s1. The van der Waals surface area contributed by atoms with Crippen molar-refractivity contribution >= 4 is 23.2 Å². The Morgan fingerprint density at radius 3 is 2.63 bits per heavy atom. The van der Waals surface area contributed by atoms with Crippen molar-refractivity contribution in [3.05, 3.63) is 15.6 Å². The number of carboxylic acid groups (broad SMARTS) is 1. The largest absolute Gasteiger partial charge is 0.481 e. The Morgan fingerprint density at radius 2 is 2.16 bits per heavy atom. The molecule has 104 valence electrons. The van der Waals surface area contributed by atoms with Crippen LogP contribution in [0.4, 0.5) is 0 Å². The van der Waals surface area contributed by atoms with Gasteiger partial charge in [-0.3, -0.25) is 9.59 Å². The highest BCUT2D eigenvalue weighted by molar-refractivity contribution is 7.13. The average molecular weight is 282 g/mol. The number of amides is 1. The predicted octanol–water partition coefficient (Wildman–Crippen LogP) is 1.81. The molecule has 0 aliphatic carbocycles. The minimum atomic E-state index is -0.821. The van der Waals surface area contributed by atoms with Gasteiger partial charge in [0.2, 0.25) is 0 Å². The van der Waals surface area contributed by atoms with Crippen LogP contribution in [0.5, 0.6) is 0 Å². The quantitative estimate of drug-likeness (QED) is 0.917. The molecule has 1 saturated heterocycles. The molecule has 1 amide bonds. The lowest BCUT2D eigenvalue weighted by atomic mass is 9.99. The van der Waals surface area contributed by atoms with Crippen LogP contribution in [0.15, 0.2) is 0 Å². The van der Waals surface area contributed by atoms with Gasteiger partial charge < -0.3 is 10.0 Å². The zero-order valence-corrected chi connectivity index (χ0v) is 12.2. The third kappa shape index (κ3) is 2.63. The maximum atomic E-state index is 12.4. The minimum Gasteiger partial charge on any atom is -0.481 e. The summed E-state index contributed by atoms with van der Waals surface area (Å²) in [5.41, 5.74) is 0.748. The van der Waals surface area contributed by atoms with E-state index < -0.39 is 11.9 Å². The summed E-state index contributed by atoms with van der Waals surface area (Å²) in [5, 5.41) is 10.0. The van der Waals surface area contributed by atoms with E-state index in [2.05, 4.69) is 4.98 Å². The van der Waals surface area contributed by atoms with E-state index in [4.69, 9.17) is 5.11 Å². The Kier molecular flexibility index (Phi) is 3.89. The van der Waals surface area contributed by atoms with Gasteiger partial charge >= 0.3 is 5.97 Å². The van der Waals surface area contributed by atoms with Gasteiger partial charge in [0.05, 0.1) is 16.6 Å². The summed E-state index contributed by atoms with van der Waals surface area (Å²) < 4.78 is 0. The molecule has 0 unspecified atom stereocenters. The number of hydrogen-bond donors (Lipinski definition) is 1. The van der Waals surface area contributed by atoms with Crippen LogP contribution >= 0.6 is 11.3 Å². The van der Waals surface area contributed by atoms with Crippen LogP contribution in [-0.2, 0) is 11.2 Å². The van der Waals surface area contributed by atoms with Crippen LogP contribution in [0.2, 0.25) is 0 Å². The highest BCUT2D eigenvalue weighted by Crippen LogP contribution is 2.27. The maximum absolute atomic E-state index is 12.4. The summed E-state index contributed by atoms with van der Waals surface area (Å²) in [5.74, 6) is -1.36. The predicted molar refractivity (Wildman–Crippen MR) is 72.4 cm³/mol. The molecular weight excluding hydrogens is 264 g/mol. The van der Waals surface area contributed by atoms with Crippen molar-refractivity contribution in [1.82, 2.24) is 9.88 Å². The van der Waals surface area contributed by atoms with Crippen LogP contribution in [0.3, 0.4) is 0 Å². The number of thiazole rings is 1. The lowest BCUT2D eigenvalue weighted by Crippen LogP contribution is -2.29. The van der Waals surface area contributed by atoms with Gasteiger partial charge in [-0.2, -0.15) is 0 Å². The van der Waals surface area contributed by atoms with Crippen molar-refractivity contribution in [2.45, 2.75) is 27.2 Å². The Morgan fingerprint density at radius 1 is 1.47 bits per heavy atom. The Balaban J connectivity index is 2.17. The molecule has 0 radical (unpaired) electrons. The van der Waals surface area contributed by atoms with Crippen LogP contribution in [-0.4, -0.2) is 40.0 Å². The van der Waals surface area contributed by atoms with Gasteiger partial charge in [0.25, 0.3) is 5.91 Å². The molecule has 19 heavy (non-hydrogen) atoms. The molecule has 1 aromatic rings. The topological polar surface area (TPSA) is 70.5 Å². The van der Waals surface area contributed by atoms with Gasteiger partial charge in [0.1, 0.15) is 4.88 Å². The zero-order chi connectivity index (χ0) is 14.2. The number of hydrogen-bond acceptors (Lipinski definition) is 4.